The van der Waals surface area contributed by atoms with Crippen LogP contribution in [0, 0.1) is 17.8 Å². The van der Waals surface area contributed by atoms with Crippen LogP contribution in [0.5, 0.6) is 0 Å². The number of aromatic amines is 1. The first-order chi connectivity index (χ1) is 41.9. The number of hydrogen-bond donors (Lipinski definition) is 2. The van der Waals surface area contributed by atoms with Crippen molar-refractivity contribution in [3.8, 4) is 0 Å². The topological polar surface area (TPSA) is 184 Å². The number of aryl methyl sites for hydroxylation is 3. The summed E-state index contributed by atoms with van der Waals surface area (Å²) in [5.74, 6) is 2.00. The van der Waals surface area contributed by atoms with Gasteiger partial charge < -0.3 is 37.7 Å². The van der Waals surface area contributed by atoms with Crippen molar-refractivity contribution in [3.05, 3.63) is 101 Å². The summed E-state index contributed by atoms with van der Waals surface area (Å²) in [6.45, 7) is 23.7. The van der Waals surface area contributed by atoms with Crippen molar-refractivity contribution >= 4 is 174 Å². The van der Waals surface area contributed by atoms with E-state index in [1.54, 1.807) is 12.3 Å². The molecule has 3 saturated heterocycles. The number of imidazole rings is 3. The number of ether oxygens (including phenoxy) is 1. The SMILES string of the molecule is CCCCc1cnc2c(N3CCC(C)CC3)cc(C(=O)C[C@@H](C)c3ncn[nH]3)cn12.CCCCc1cnc2c(N3CCC(C)CC3)cc(C(=O)O)cn12.CCCCc1cnc2c(N3CCC(C)CC3)cc(C(=O)OCC)cn12.CI.[I][V]([I])[I].[I][V][I]. The number of carbonyl (C=O) groups is 3. The predicted molar refractivity (Wildman–Crippen MR) is 400 cm³/mol. The molecule has 2 N–H and O–H groups in total. The van der Waals surface area contributed by atoms with Gasteiger partial charge in [0.25, 0.3) is 0 Å². The number of alkyl halides is 1. The van der Waals surface area contributed by atoms with Gasteiger partial charge in [-0.15, -0.1) is 0 Å². The predicted octanol–water partition coefficient (Wildman–Crippen LogP) is 17.6. The molecule has 0 radical (unpaired) electrons. The van der Waals surface area contributed by atoms with Gasteiger partial charge in [0.15, 0.2) is 22.7 Å². The number of H-pyrrole nitrogens is 1. The Bertz CT molecular complexity index is 3170. The number of Topliss-reactive ketones (excluding diaryl/α,β-unsaturated/α-hetero) is 1. The third kappa shape index (κ3) is 23.3. The molecule has 0 amide bonds. The summed E-state index contributed by atoms with van der Waals surface area (Å²) in [6, 6.07) is 5.79. The minimum absolute atomic E-state index is 0.00247. The molecule has 0 unspecified atom stereocenters. The van der Waals surface area contributed by atoms with E-state index in [9.17, 15) is 19.5 Å². The van der Waals surface area contributed by atoms with E-state index in [1.807, 2.05) is 60.2 Å². The first-order valence-corrected chi connectivity index (χ1v) is 55.2. The van der Waals surface area contributed by atoms with Crippen LogP contribution in [0.25, 0.3) is 16.9 Å². The quantitative estimate of drug-likeness (QED) is 0.0338. The van der Waals surface area contributed by atoms with Crippen molar-refractivity contribution in [2.24, 2.45) is 17.8 Å². The Hall–Kier alpha value is -1.23. The van der Waals surface area contributed by atoms with E-state index < -0.39 is 5.97 Å². The van der Waals surface area contributed by atoms with E-state index in [1.165, 1.54) is 37.7 Å². The molecule has 3 aliphatic heterocycles. The monoisotopic (exact) mass is 1950 g/mol. The molecule has 0 bridgehead atoms. The molecule has 3 aliphatic rings. The Balaban J connectivity index is 0.000000224. The number of carboxylic acid groups (broad SMARTS) is 1. The van der Waals surface area contributed by atoms with Crippen LogP contribution < -0.4 is 14.7 Å². The number of nitrogens with zero attached hydrogens (tertiary/aromatic N) is 11. The third-order valence-electron chi connectivity index (χ3n) is 16.2. The molecule has 10 rings (SSSR count). The molecule has 7 aromatic rings. The van der Waals surface area contributed by atoms with Gasteiger partial charge >= 0.3 is 126 Å². The second-order valence-corrected chi connectivity index (χ2v) is 69.8. The van der Waals surface area contributed by atoms with Gasteiger partial charge in [-0.1, -0.05) is 90.3 Å². The molecule has 3 fully saturated rings. The second-order valence-electron chi connectivity index (χ2n) is 22.7. The second kappa shape index (κ2) is 40.8. The van der Waals surface area contributed by atoms with Crippen LogP contribution in [-0.4, -0.2) is 117 Å². The standard InChI is InChI=1S/C23H32N6O.C20H29N3O2.C18H25N3O2.CH3I.5HI.2V/c1-4-5-6-19-13-24-23-20(28-9-7-16(2)8-10-28)12-18(14-29(19)23)21(30)11-17(3)22-25-15-26-27-22;1-4-6-7-17-13-21-19-18(22-10-8-15(3)9-11-22)12-16(14-23(17)19)20(24)25-5-2;1-3-4-5-15-11-19-17-16(20-8-6-13(2)7-9-20)10-14(18(22)23)12-21(15)17;1-2;;;;;;;/h12-17H,4-11H2,1-3H3,(H,25,26,27);12-15H,4-11H2,1-3H3;10-13H,3-9H2,1-2H3,(H,22,23);1H3;5*1H;;/q;;;;;;;;;+2;+3/p-5/t17-;;;;;;;;;;/m1........../s1. The number of esters is 1. The molecule has 17 nitrogen and oxygen atoms in total. The number of fused-ring (bicyclic) bond motifs is 3. The van der Waals surface area contributed by atoms with Gasteiger partial charge in [-0.05, 0) is 125 Å². The molecule has 479 valence electrons. The summed E-state index contributed by atoms with van der Waals surface area (Å²) >= 11 is 14.3. The summed E-state index contributed by atoms with van der Waals surface area (Å²) in [7, 11) is 0.628. The number of anilines is 3. The van der Waals surface area contributed by atoms with Gasteiger partial charge in [0.1, 0.15) is 12.2 Å². The molecule has 25 heteroatoms. The number of halogens is 6. The van der Waals surface area contributed by atoms with Gasteiger partial charge in [0, 0.05) is 111 Å². The summed E-state index contributed by atoms with van der Waals surface area (Å²) < 4.78 is 11.5. The zero-order valence-electron chi connectivity index (χ0n) is 52.0. The molecule has 1 atom stereocenters. The van der Waals surface area contributed by atoms with Crippen LogP contribution in [0.3, 0.4) is 0 Å². The number of ketones is 1. The Morgan fingerprint density at radius 1 is 0.621 bits per heavy atom. The van der Waals surface area contributed by atoms with Crippen LogP contribution in [0.2, 0.25) is 0 Å². The molecule has 0 saturated carbocycles. The number of unbranched alkanes of at least 4 members (excludes halogenated alkanes) is 3. The molecule has 0 aromatic carbocycles. The Labute approximate surface area is 596 Å². The fourth-order valence-electron chi connectivity index (χ4n) is 11.0. The fourth-order valence-corrected chi connectivity index (χ4v) is 11.0. The van der Waals surface area contributed by atoms with E-state index in [-0.39, 0.29) is 22.6 Å². The average molecular weight is 1950 g/mol. The molecule has 0 spiro atoms. The average Bonchev–Trinajstić information content (AvgIpc) is 1.90. The van der Waals surface area contributed by atoms with Crippen molar-refractivity contribution in [2.45, 2.75) is 164 Å². The Morgan fingerprint density at radius 2 is 0.966 bits per heavy atom. The summed E-state index contributed by atoms with van der Waals surface area (Å²) in [4.78, 5) is 64.1. The van der Waals surface area contributed by atoms with Gasteiger partial charge in [0.05, 0.1) is 34.8 Å². The van der Waals surface area contributed by atoms with E-state index >= 15 is 0 Å². The summed E-state index contributed by atoms with van der Waals surface area (Å²) in [5, 5.41) is 16.3. The van der Waals surface area contributed by atoms with Crippen LogP contribution in [0.1, 0.15) is 199 Å². The summed E-state index contributed by atoms with van der Waals surface area (Å²) in [5.41, 5.74) is 11.0. The third-order valence-corrected chi connectivity index (χ3v) is 16.2. The number of hydrogen-bond acceptors (Lipinski definition) is 12. The number of nitrogens with one attached hydrogen (secondary N) is 1. The molecular weight excluding hydrogens is 1860 g/mol. The van der Waals surface area contributed by atoms with Crippen LogP contribution in [0.15, 0.2) is 61.7 Å². The van der Waals surface area contributed by atoms with Crippen LogP contribution in [0.4, 0.5) is 17.1 Å². The minimum atomic E-state index is -0.881. The summed E-state index contributed by atoms with van der Waals surface area (Å²) in [6.07, 6.45) is 29.9. The first kappa shape index (κ1) is 76.5. The number of aromatic nitrogens is 9. The normalized spacial score (nSPS) is 15.1. The Morgan fingerprint density at radius 3 is 1.30 bits per heavy atom. The van der Waals surface area contributed by atoms with Crippen molar-refractivity contribution in [3.63, 3.8) is 0 Å². The van der Waals surface area contributed by atoms with Crippen molar-refractivity contribution in [1.29, 1.82) is 0 Å². The van der Waals surface area contributed by atoms with Crippen LogP contribution in [-0.2, 0) is 38.4 Å². The van der Waals surface area contributed by atoms with Gasteiger partial charge in [-0.2, -0.15) is 5.10 Å². The molecule has 10 heterocycles. The number of aromatic carboxylic acids is 1. The zero-order chi connectivity index (χ0) is 63.6. The molecular formula is C62H89I6N12O5V2. The van der Waals surface area contributed by atoms with Gasteiger partial charge in [-0.3, -0.25) is 9.89 Å². The first-order valence-electron chi connectivity index (χ1n) is 30.6. The molecule has 87 heavy (non-hydrogen) atoms. The van der Waals surface area contributed by atoms with Crippen molar-refractivity contribution in [1.82, 2.24) is 43.3 Å². The van der Waals surface area contributed by atoms with E-state index in [4.69, 9.17) is 9.72 Å². The maximum atomic E-state index is 13.2. The van der Waals surface area contributed by atoms with E-state index in [0.717, 1.165) is 184 Å². The van der Waals surface area contributed by atoms with Gasteiger partial charge in [0.2, 0.25) is 0 Å². The number of carboxylic acids is 1. The van der Waals surface area contributed by atoms with Crippen LogP contribution >= 0.6 is 122 Å². The zero-order valence-corrected chi connectivity index (χ0v) is 67.7. The van der Waals surface area contributed by atoms with Crippen molar-refractivity contribution in [2.75, 3.05) is 65.5 Å². The van der Waals surface area contributed by atoms with Gasteiger partial charge in [-0.25, -0.2) is 29.5 Å². The Kier molecular flexibility index (Phi) is 35.9. The number of piperidine rings is 3. The number of carbonyl (C=O) groups excluding carboxylic acids is 2. The van der Waals surface area contributed by atoms with E-state index in [2.05, 4.69) is 219 Å². The van der Waals surface area contributed by atoms with Crippen molar-refractivity contribution < 1.29 is 38.6 Å². The molecule has 0 aliphatic carbocycles. The number of pyridine rings is 3. The fraction of sp³-hybridized carbons (Fsp3) is 0.581. The number of rotatable bonds is 19. The maximum absolute atomic E-state index is 13.2. The van der Waals surface area contributed by atoms with E-state index in [0.29, 0.717) is 33.6 Å². The molecule has 7 aromatic heterocycles.